The first-order valence-corrected chi connectivity index (χ1v) is 22.3. The molecule has 1 unspecified atom stereocenters. The van der Waals surface area contributed by atoms with Gasteiger partial charge < -0.3 is 24.6 Å². The van der Waals surface area contributed by atoms with Crippen LogP contribution >= 0.6 is 0 Å². The average molecular weight is 880 g/mol. The predicted molar refractivity (Wildman–Crippen MR) is 230 cm³/mol. The number of carbonyl (C=O) groups is 3. The number of benzene rings is 1. The van der Waals surface area contributed by atoms with Crippen LogP contribution in [-0.4, -0.2) is 113 Å². The molecule has 8 heterocycles. The van der Waals surface area contributed by atoms with Crippen LogP contribution in [0.1, 0.15) is 105 Å². The fourth-order valence-electron chi connectivity index (χ4n) is 10.4. The maximum atomic E-state index is 14.3. The molecule has 3 amide bonds. The van der Waals surface area contributed by atoms with Gasteiger partial charge in [0.15, 0.2) is 11.3 Å². The number of piperidine rings is 2. The number of anilines is 2. The number of nitrogens with one attached hydrogen (secondary N) is 2. The summed E-state index contributed by atoms with van der Waals surface area (Å²) in [6.07, 6.45) is 8.32. The zero-order valence-electron chi connectivity index (χ0n) is 35.8. The summed E-state index contributed by atoms with van der Waals surface area (Å²) in [5, 5.41) is 13.6. The molecule has 5 aromatic rings. The van der Waals surface area contributed by atoms with E-state index in [9.17, 15) is 28.0 Å². The Morgan fingerprint density at radius 1 is 1.06 bits per heavy atom. The van der Waals surface area contributed by atoms with Crippen LogP contribution in [-0.2, 0) is 26.1 Å². The van der Waals surface area contributed by atoms with Crippen LogP contribution in [0.5, 0.6) is 0 Å². The van der Waals surface area contributed by atoms with Crippen LogP contribution < -0.4 is 21.2 Å². The van der Waals surface area contributed by atoms with Crippen molar-refractivity contribution in [3.63, 3.8) is 0 Å². The molecule has 1 saturated carbocycles. The van der Waals surface area contributed by atoms with Crippen LogP contribution in [0, 0.1) is 17.8 Å². The van der Waals surface area contributed by atoms with Crippen molar-refractivity contribution in [3.8, 4) is 11.8 Å². The van der Waals surface area contributed by atoms with E-state index in [0.29, 0.717) is 34.8 Å². The van der Waals surface area contributed by atoms with Gasteiger partial charge in [-0.1, -0.05) is 17.9 Å². The highest BCUT2D eigenvalue weighted by atomic mass is 19.3. The number of morpholine rings is 1. The minimum Gasteiger partial charge on any atom is -0.374 e. The van der Waals surface area contributed by atoms with Gasteiger partial charge in [-0.25, -0.2) is 23.1 Å². The topological polar surface area (TPSA) is 175 Å². The van der Waals surface area contributed by atoms with Gasteiger partial charge in [0.2, 0.25) is 11.8 Å². The number of fused-ring (bicyclic) bond motifs is 4. The summed E-state index contributed by atoms with van der Waals surface area (Å²) in [5.74, 6) is 6.25. The van der Waals surface area contributed by atoms with Crippen molar-refractivity contribution in [2.45, 2.75) is 108 Å². The Hall–Kier alpha value is -5.97. The number of halogens is 2. The van der Waals surface area contributed by atoms with E-state index in [-0.39, 0.29) is 66.1 Å². The van der Waals surface area contributed by atoms with Gasteiger partial charge in [-0.3, -0.25) is 33.5 Å². The number of aryl methyl sites for hydroxylation is 1. The average Bonchev–Trinajstić information content (AvgIpc) is 4.14. The lowest BCUT2D eigenvalue weighted by Crippen LogP contribution is -2.44. The van der Waals surface area contributed by atoms with E-state index in [1.54, 1.807) is 24.0 Å². The minimum absolute atomic E-state index is 0.0111. The van der Waals surface area contributed by atoms with Gasteiger partial charge in [0.05, 0.1) is 59.4 Å². The van der Waals surface area contributed by atoms with E-state index in [0.717, 1.165) is 76.9 Å². The molecule has 10 rings (SSSR count). The van der Waals surface area contributed by atoms with Crippen LogP contribution in [0.4, 0.5) is 20.3 Å². The Bertz CT molecular complexity index is 2730. The second kappa shape index (κ2) is 17.2. The van der Waals surface area contributed by atoms with E-state index in [2.05, 4.69) is 42.5 Å². The molecule has 0 radical (unpaired) electrons. The van der Waals surface area contributed by atoms with Gasteiger partial charge in [-0.2, -0.15) is 10.2 Å². The molecule has 2 N–H and O–H groups in total. The number of amides is 3. The van der Waals surface area contributed by atoms with E-state index >= 15 is 0 Å². The normalized spacial score (nSPS) is 24.7. The van der Waals surface area contributed by atoms with Crippen molar-refractivity contribution >= 4 is 45.9 Å². The summed E-state index contributed by atoms with van der Waals surface area (Å²) in [6.45, 7) is 6.06. The number of imidazole rings is 1. The number of imide groups is 1. The lowest BCUT2D eigenvalue weighted by molar-refractivity contribution is -0.135. The molecule has 64 heavy (non-hydrogen) atoms. The van der Waals surface area contributed by atoms with E-state index in [4.69, 9.17) is 14.5 Å². The zero-order valence-corrected chi connectivity index (χ0v) is 35.8. The maximum Gasteiger partial charge on any atom is 0.329 e. The highest BCUT2D eigenvalue weighted by molar-refractivity contribution is 6.08. The maximum absolute atomic E-state index is 14.3. The first kappa shape index (κ1) is 42.0. The molecular formula is C45H51F2N11O6. The summed E-state index contributed by atoms with van der Waals surface area (Å²) >= 11 is 0. The number of carbonyl (C=O) groups excluding carboxylic acids is 3. The third kappa shape index (κ3) is 8.07. The number of para-hydroxylation sites is 1. The fraction of sp³-hybridized carbons (Fsp3) is 0.533. The first-order chi connectivity index (χ1) is 31.0. The monoisotopic (exact) mass is 879 g/mol. The number of aromatic nitrogens is 7. The van der Waals surface area contributed by atoms with Crippen molar-refractivity contribution in [1.29, 1.82) is 0 Å². The Labute approximate surface area is 367 Å². The predicted octanol–water partition coefficient (Wildman–Crippen LogP) is 4.38. The fourth-order valence-corrected chi connectivity index (χ4v) is 10.4. The van der Waals surface area contributed by atoms with Crippen molar-refractivity contribution in [2.24, 2.45) is 13.0 Å². The second-order valence-corrected chi connectivity index (χ2v) is 17.8. The Morgan fingerprint density at radius 3 is 2.61 bits per heavy atom. The van der Waals surface area contributed by atoms with Crippen LogP contribution in [0.25, 0.3) is 16.7 Å². The molecule has 4 atom stereocenters. The molecule has 0 spiro atoms. The summed E-state index contributed by atoms with van der Waals surface area (Å²) in [6, 6.07) is 6.74. The molecule has 4 aromatic heterocycles. The number of hydrogen-bond donors (Lipinski definition) is 2. The largest absolute Gasteiger partial charge is 0.374 e. The molecule has 5 fully saturated rings. The highest BCUT2D eigenvalue weighted by Gasteiger charge is 2.40. The molecular weight excluding hydrogens is 829 g/mol. The lowest BCUT2D eigenvalue weighted by Gasteiger charge is -2.36. The molecule has 336 valence electrons. The van der Waals surface area contributed by atoms with Crippen molar-refractivity contribution in [3.05, 3.63) is 70.2 Å². The summed E-state index contributed by atoms with van der Waals surface area (Å²) < 4.78 is 46.8. The molecule has 4 saturated heterocycles. The van der Waals surface area contributed by atoms with Gasteiger partial charge in [0, 0.05) is 52.0 Å². The smallest absolute Gasteiger partial charge is 0.329 e. The number of hydrogen-bond acceptors (Lipinski definition) is 11. The minimum atomic E-state index is -2.87. The van der Waals surface area contributed by atoms with Gasteiger partial charge in [0.25, 0.3) is 12.3 Å². The molecule has 4 aliphatic heterocycles. The first-order valence-electron chi connectivity index (χ1n) is 22.3. The number of alkyl halides is 2. The van der Waals surface area contributed by atoms with Crippen LogP contribution in [0.2, 0.25) is 0 Å². The Balaban J connectivity index is 0.709. The quantitative estimate of drug-likeness (QED) is 0.151. The lowest BCUT2D eigenvalue weighted by atomic mass is 9.85. The number of likely N-dealkylation sites (tertiary alicyclic amines) is 1. The van der Waals surface area contributed by atoms with E-state index in [1.807, 2.05) is 25.1 Å². The van der Waals surface area contributed by atoms with Crippen molar-refractivity contribution in [2.75, 3.05) is 43.0 Å². The van der Waals surface area contributed by atoms with Gasteiger partial charge in [-0.05, 0) is 82.4 Å². The molecule has 5 aliphatic rings. The Morgan fingerprint density at radius 2 is 1.88 bits per heavy atom. The van der Waals surface area contributed by atoms with Gasteiger partial charge >= 0.3 is 5.69 Å². The third-order valence-corrected chi connectivity index (χ3v) is 13.7. The van der Waals surface area contributed by atoms with E-state index < -0.39 is 30.0 Å². The van der Waals surface area contributed by atoms with Gasteiger partial charge in [0.1, 0.15) is 23.5 Å². The van der Waals surface area contributed by atoms with Crippen molar-refractivity contribution in [1.82, 2.24) is 43.7 Å². The second-order valence-electron chi connectivity index (χ2n) is 17.8. The number of rotatable bonds is 10. The van der Waals surface area contributed by atoms with Crippen LogP contribution in [0.15, 0.2) is 47.7 Å². The zero-order chi connectivity index (χ0) is 44.2. The summed E-state index contributed by atoms with van der Waals surface area (Å²) in [5.41, 5.74) is 1.61. The summed E-state index contributed by atoms with van der Waals surface area (Å²) in [4.78, 5) is 60.6. The molecule has 17 nitrogen and oxygen atoms in total. The number of ether oxygens (including phenoxy) is 2. The highest BCUT2D eigenvalue weighted by Crippen LogP contribution is 2.36. The molecule has 2 bridgehead atoms. The van der Waals surface area contributed by atoms with Crippen LogP contribution in [0.3, 0.4) is 0 Å². The van der Waals surface area contributed by atoms with Gasteiger partial charge in [-0.15, -0.1) is 0 Å². The molecule has 19 heteroatoms. The van der Waals surface area contributed by atoms with Crippen molar-refractivity contribution < 1.29 is 32.6 Å². The Kier molecular flexibility index (Phi) is 11.3. The standard InChI is InChI=1S/C45H51F2N11O6/c1-26(6-9-28-4-3-5-35-40(28)53(2)45(62)58(35)36-12-13-38(59)51-44(36)61)64-31-14-17-54(18-15-31)22-27-7-10-29(11-8-27)57-24-34(39(52-57)41(46)47)49-43(60)33-21-48-56-19-16-37(50-42(33)56)55-23-32-20-30(55)25-63-32/h3-5,16,19,21,24,26-27,29-32,36,41H,7-8,10-15,17-18,20,22-23,25H2,1-2H3,(H,49,60)(H,51,59,61)/t26-,27?,29?,30-,32-,36?/m1/s1. The van der Waals surface area contributed by atoms with E-state index in [1.165, 1.54) is 26.0 Å². The molecule has 1 aliphatic carbocycles. The molecule has 1 aromatic carbocycles. The summed E-state index contributed by atoms with van der Waals surface area (Å²) in [7, 11) is 1.66. The SMILES string of the molecule is C[C@H](C#Cc1cccc2c1n(C)c(=O)n2C1CCC(=O)NC1=O)OC1CCN(CC2CCC(n3cc(NC(=O)c4cnn5ccc(N6C[C@H]7C[C@@H]6CO7)nc45)c(C(F)F)n3)CC2)CC1. The number of nitrogens with zero attached hydrogens (tertiary/aromatic N) is 9. The third-order valence-electron chi connectivity index (χ3n) is 13.7.